The van der Waals surface area contributed by atoms with Crippen molar-refractivity contribution >= 4 is 33.3 Å². The highest BCUT2D eigenvalue weighted by atomic mass is 32.2. The van der Waals surface area contributed by atoms with Crippen molar-refractivity contribution in [1.82, 2.24) is 20.2 Å². The molecular formula is C17H16N4O2S2. The van der Waals surface area contributed by atoms with E-state index >= 15 is 0 Å². The maximum Gasteiger partial charge on any atom is 0.251 e. The molecule has 0 spiro atoms. The highest BCUT2D eigenvalue weighted by Gasteiger charge is 2.16. The van der Waals surface area contributed by atoms with Crippen LogP contribution in [0.25, 0.3) is 21.7 Å². The standard InChI is InChI=1S/C17H16N4O2S2/c1-8-5-12(10(3)22-8)15-21-20-13(23-15)6-24-16-14-9(2)11(4)25-17(14)19-7-18-16/h5,7H,6H2,1-4H3. The largest absolute Gasteiger partial charge is 0.466 e. The summed E-state index contributed by atoms with van der Waals surface area (Å²) in [6.07, 6.45) is 1.61. The van der Waals surface area contributed by atoms with Gasteiger partial charge >= 0.3 is 0 Å². The molecule has 4 heterocycles. The van der Waals surface area contributed by atoms with Crippen LogP contribution in [0.2, 0.25) is 0 Å². The molecule has 0 N–H and O–H groups in total. The third-order valence-corrected chi connectivity index (χ3v) is 6.09. The smallest absolute Gasteiger partial charge is 0.251 e. The van der Waals surface area contributed by atoms with Crippen LogP contribution in [-0.2, 0) is 5.75 Å². The molecule has 6 nitrogen and oxygen atoms in total. The summed E-state index contributed by atoms with van der Waals surface area (Å²) in [7, 11) is 0. The van der Waals surface area contributed by atoms with Crippen molar-refractivity contribution in [2.45, 2.75) is 38.5 Å². The van der Waals surface area contributed by atoms with Crippen LogP contribution in [0, 0.1) is 27.7 Å². The van der Waals surface area contributed by atoms with Crippen molar-refractivity contribution in [2.75, 3.05) is 0 Å². The van der Waals surface area contributed by atoms with E-state index in [1.165, 1.54) is 10.4 Å². The molecular weight excluding hydrogens is 356 g/mol. The minimum atomic E-state index is 0.486. The zero-order chi connectivity index (χ0) is 17.6. The molecule has 0 unspecified atom stereocenters. The number of furan rings is 1. The van der Waals surface area contributed by atoms with Crippen LogP contribution in [-0.4, -0.2) is 20.2 Å². The van der Waals surface area contributed by atoms with Crippen molar-refractivity contribution in [3.63, 3.8) is 0 Å². The first-order chi connectivity index (χ1) is 12.0. The average Bonchev–Trinajstić information content (AvgIpc) is 3.25. The van der Waals surface area contributed by atoms with Gasteiger partial charge in [-0.2, -0.15) is 0 Å². The molecule has 0 bridgehead atoms. The summed E-state index contributed by atoms with van der Waals surface area (Å²) in [4.78, 5) is 11.1. The molecule has 0 radical (unpaired) electrons. The summed E-state index contributed by atoms with van der Waals surface area (Å²) < 4.78 is 11.3. The minimum Gasteiger partial charge on any atom is -0.466 e. The molecule has 0 aromatic carbocycles. The highest BCUT2D eigenvalue weighted by molar-refractivity contribution is 7.98. The summed E-state index contributed by atoms with van der Waals surface area (Å²) in [5.74, 6) is 3.22. The first kappa shape index (κ1) is 16.3. The van der Waals surface area contributed by atoms with Crippen LogP contribution < -0.4 is 0 Å². The Morgan fingerprint density at radius 1 is 1.08 bits per heavy atom. The van der Waals surface area contributed by atoms with Crippen LogP contribution in [0.1, 0.15) is 27.9 Å². The van der Waals surface area contributed by atoms with Gasteiger partial charge in [-0.1, -0.05) is 11.8 Å². The van der Waals surface area contributed by atoms with Crippen molar-refractivity contribution in [3.05, 3.63) is 40.2 Å². The fourth-order valence-corrected chi connectivity index (χ4v) is 4.61. The molecule has 4 aromatic heterocycles. The van der Waals surface area contributed by atoms with Crippen molar-refractivity contribution in [1.29, 1.82) is 0 Å². The van der Waals surface area contributed by atoms with Crippen LogP contribution in [0.15, 0.2) is 26.3 Å². The predicted octanol–water partition coefficient (Wildman–Crippen LogP) is 4.86. The molecule has 0 saturated heterocycles. The zero-order valence-corrected chi connectivity index (χ0v) is 15.9. The van der Waals surface area contributed by atoms with Gasteiger partial charge in [-0.05, 0) is 39.3 Å². The van der Waals surface area contributed by atoms with Gasteiger partial charge in [0.15, 0.2) is 0 Å². The van der Waals surface area contributed by atoms with Gasteiger partial charge in [0.2, 0.25) is 5.89 Å². The van der Waals surface area contributed by atoms with Crippen molar-refractivity contribution in [3.8, 4) is 11.5 Å². The number of fused-ring (bicyclic) bond motifs is 1. The zero-order valence-electron chi connectivity index (χ0n) is 14.3. The van der Waals surface area contributed by atoms with Crippen LogP contribution in [0.5, 0.6) is 0 Å². The summed E-state index contributed by atoms with van der Waals surface area (Å²) in [6.45, 7) is 8.00. The lowest BCUT2D eigenvalue weighted by Crippen LogP contribution is -1.87. The van der Waals surface area contributed by atoms with Gasteiger partial charge in [-0.3, -0.25) is 0 Å². The molecule has 25 heavy (non-hydrogen) atoms. The fraction of sp³-hybridized carbons (Fsp3) is 0.294. The van der Waals surface area contributed by atoms with Gasteiger partial charge in [-0.15, -0.1) is 21.5 Å². The Bertz CT molecular complexity index is 1060. The Morgan fingerprint density at radius 2 is 1.92 bits per heavy atom. The third-order valence-electron chi connectivity index (χ3n) is 4.00. The topological polar surface area (TPSA) is 77.8 Å². The van der Waals surface area contributed by atoms with E-state index in [-0.39, 0.29) is 0 Å². The van der Waals surface area contributed by atoms with Crippen LogP contribution in [0.4, 0.5) is 0 Å². The molecule has 4 aromatic rings. The predicted molar refractivity (Wildman–Crippen MR) is 97.9 cm³/mol. The number of rotatable bonds is 4. The van der Waals surface area contributed by atoms with Crippen LogP contribution in [0.3, 0.4) is 0 Å². The maximum atomic E-state index is 5.79. The monoisotopic (exact) mass is 372 g/mol. The van der Waals surface area contributed by atoms with Gasteiger partial charge < -0.3 is 8.83 Å². The Balaban J connectivity index is 1.58. The summed E-state index contributed by atoms with van der Waals surface area (Å²) >= 11 is 3.28. The molecule has 0 amide bonds. The summed E-state index contributed by atoms with van der Waals surface area (Å²) in [5, 5.41) is 10.3. The minimum absolute atomic E-state index is 0.486. The number of nitrogens with zero attached hydrogens (tertiary/aromatic N) is 4. The first-order valence-electron chi connectivity index (χ1n) is 7.76. The second-order valence-electron chi connectivity index (χ2n) is 5.76. The lowest BCUT2D eigenvalue weighted by molar-refractivity contribution is 0.499. The summed E-state index contributed by atoms with van der Waals surface area (Å²) in [6, 6.07) is 1.91. The normalized spacial score (nSPS) is 11.5. The second kappa shape index (κ2) is 6.27. The molecule has 0 aliphatic carbocycles. The Morgan fingerprint density at radius 3 is 2.68 bits per heavy atom. The molecule has 0 fully saturated rings. The SMILES string of the molecule is Cc1cc(-c2nnc(CSc3ncnc4sc(C)c(C)c34)o2)c(C)o1. The van der Waals surface area contributed by atoms with Gasteiger partial charge in [0.25, 0.3) is 5.89 Å². The highest BCUT2D eigenvalue weighted by Crippen LogP contribution is 2.35. The lowest BCUT2D eigenvalue weighted by atomic mass is 10.2. The van der Waals surface area contributed by atoms with E-state index in [9.17, 15) is 0 Å². The van der Waals surface area contributed by atoms with E-state index in [0.29, 0.717) is 17.5 Å². The average molecular weight is 372 g/mol. The van der Waals surface area contributed by atoms with Gasteiger partial charge in [0, 0.05) is 10.3 Å². The van der Waals surface area contributed by atoms with E-state index in [4.69, 9.17) is 8.83 Å². The molecule has 0 aliphatic rings. The van der Waals surface area contributed by atoms with E-state index in [2.05, 4.69) is 34.0 Å². The molecule has 0 aliphatic heterocycles. The van der Waals surface area contributed by atoms with Crippen molar-refractivity contribution in [2.24, 2.45) is 0 Å². The Hall–Kier alpha value is -2.19. The second-order valence-corrected chi connectivity index (χ2v) is 7.93. The van der Waals surface area contributed by atoms with E-state index in [1.54, 1.807) is 29.4 Å². The van der Waals surface area contributed by atoms with E-state index in [0.717, 1.165) is 32.3 Å². The number of aryl methyl sites for hydroxylation is 4. The molecule has 4 rings (SSSR count). The molecule has 0 atom stereocenters. The first-order valence-corrected chi connectivity index (χ1v) is 9.56. The Kier molecular flexibility index (Phi) is 4.09. The number of aromatic nitrogens is 4. The van der Waals surface area contributed by atoms with Crippen molar-refractivity contribution < 1.29 is 8.83 Å². The molecule has 8 heteroatoms. The van der Waals surface area contributed by atoms with E-state index in [1.807, 2.05) is 19.9 Å². The summed E-state index contributed by atoms with van der Waals surface area (Å²) in [5.41, 5.74) is 2.08. The molecule has 128 valence electrons. The number of thioether (sulfide) groups is 1. The number of hydrogen-bond acceptors (Lipinski definition) is 8. The lowest BCUT2D eigenvalue weighted by Gasteiger charge is -2.01. The number of thiophene rings is 1. The van der Waals surface area contributed by atoms with Gasteiger partial charge in [0.1, 0.15) is 27.7 Å². The van der Waals surface area contributed by atoms with Crippen LogP contribution >= 0.6 is 23.1 Å². The quantitative estimate of drug-likeness (QED) is 0.374. The van der Waals surface area contributed by atoms with Gasteiger partial charge in [0.05, 0.1) is 11.3 Å². The Labute approximate surface area is 152 Å². The fourth-order valence-electron chi connectivity index (χ4n) is 2.65. The number of hydrogen-bond donors (Lipinski definition) is 0. The third kappa shape index (κ3) is 2.96. The molecule has 0 saturated carbocycles. The maximum absolute atomic E-state index is 5.79. The van der Waals surface area contributed by atoms with E-state index < -0.39 is 0 Å². The van der Waals surface area contributed by atoms with Gasteiger partial charge in [-0.25, -0.2) is 9.97 Å².